The summed E-state index contributed by atoms with van der Waals surface area (Å²) < 4.78 is 3.00. The highest BCUT2D eigenvalue weighted by atomic mass is 32.1. The van der Waals surface area contributed by atoms with Gasteiger partial charge < -0.3 is 0 Å². The molecule has 2 aromatic heterocycles. The van der Waals surface area contributed by atoms with Gasteiger partial charge in [-0.2, -0.15) is 0 Å². The molecule has 0 nitrogen and oxygen atoms in total. The van der Waals surface area contributed by atoms with E-state index in [4.69, 9.17) is 0 Å². The molecular weight excluding hydrogens is 549 g/mol. The van der Waals surface area contributed by atoms with Crippen molar-refractivity contribution in [2.45, 2.75) is 101 Å². The van der Waals surface area contributed by atoms with E-state index in [0.29, 0.717) is 0 Å². The molecule has 0 radical (unpaired) electrons. The van der Waals surface area contributed by atoms with Crippen LogP contribution in [0, 0.1) is 35.5 Å². The van der Waals surface area contributed by atoms with Crippen LogP contribution in [0.4, 0.5) is 0 Å². The minimum Gasteiger partial charge on any atom is -0.140 e. The SMILES string of the molecule is CC1CC2C(c3cc4ccccc4s3)CCCC2C1[Si](C)(C)C1C(C)CC2C(c3cc4ccccc4s3)CCCC21. The van der Waals surface area contributed by atoms with Gasteiger partial charge in [-0.25, -0.2) is 0 Å². The molecule has 41 heavy (non-hydrogen) atoms. The van der Waals surface area contributed by atoms with Gasteiger partial charge in [-0.1, -0.05) is 89.0 Å². The molecule has 3 heteroatoms. The number of thiophene rings is 2. The zero-order valence-electron chi connectivity index (χ0n) is 25.5. The quantitative estimate of drug-likeness (QED) is 0.206. The van der Waals surface area contributed by atoms with Crippen LogP contribution in [-0.4, -0.2) is 8.07 Å². The second-order valence-electron chi connectivity index (χ2n) is 15.4. The zero-order valence-corrected chi connectivity index (χ0v) is 28.2. The third kappa shape index (κ3) is 4.38. The molecule has 4 fully saturated rings. The van der Waals surface area contributed by atoms with E-state index in [9.17, 15) is 0 Å². The summed E-state index contributed by atoms with van der Waals surface area (Å²) in [5, 5.41) is 2.95. The maximum absolute atomic E-state index is 2.90. The highest BCUT2D eigenvalue weighted by Gasteiger charge is 2.59. The van der Waals surface area contributed by atoms with Crippen LogP contribution in [0.15, 0.2) is 60.7 Å². The fourth-order valence-electron chi connectivity index (χ4n) is 12.0. The molecule has 2 heterocycles. The van der Waals surface area contributed by atoms with Gasteiger partial charge in [0.25, 0.3) is 0 Å². The first kappa shape index (κ1) is 27.1. The second kappa shape index (κ2) is 10.3. The fourth-order valence-corrected chi connectivity index (χ4v) is 21.3. The van der Waals surface area contributed by atoms with Crippen molar-refractivity contribution in [3.63, 3.8) is 0 Å². The summed E-state index contributed by atoms with van der Waals surface area (Å²) in [6.07, 6.45) is 11.8. The number of benzene rings is 2. The first-order valence-electron chi connectivity index (χ1n) is 16.9. The van der Waals surface area contributed by atoms with Crippen molar-refractivity contribution in [2.24, 2.45) is 35.5 Å². The van der Waals surface area contributed by atoms with Gasteiger partial charge in [0, 0.05) is 19.2 Å². The van der Waals surface area contributed by atoms with Crippen molar-refractivity contribution in [1.82, 2.24) is 0 Å². The van der Waals surface area contributed by atoms with E-state index in [1.165, 1.54) is 71.5 Å². The van der Waals surface area contributed by atoms with Crippen molar-refractivity contribution in [2.75, 3.05) is 0 Å². The van der Waals surface area contributed by atoms with Crippen molar-refractivity contribution < 1.29 is 0 Å². The van der Waals surface area contributed by atoms with Crippen LogP contribution < -0.4 is 0 Å². The summed E-state index contributed by atoms with van der Waals surface area (Å²) in [6, 6.07) is 23.4. The minimum absolute atomic E-state index is 0.809. The monoisotopic (exact) mass is 596 g/mol. The molecule has 4 aliphatic carbocycles. The van der Waals surface area contributed by atoms with Crippen LogP contribution in [0.5, 0.6) is 0 Å². The Bertz CT molecular complexity index is 1360. The summed E-state index contributed by atoms with van der Waals surface area (Å²) in [5.41, 5.74) is 2.03. The topological polar surface area (TPSA) is 0 Å². The molecule has 0 aliphatic heterocycles. The van der Waals surface area contributed by atoms with Gasteiger partial charge in [0.05, 0.1) is 8.07 Å². The lowest BCUT2D eigenvalue weighted by Gasteiger charge is -2.48. The van der Waals surface area contributed by atoms with E-state index in [1.807, 2.05) is 0 Å². The smallest absolute Gasteiger partial charge is 0.0546 e. The van der Waals surface area contributed by atoms with Gasteiger partial charge in [0.2, 0.25) is 0 Å². The predicted molar refractivity (Wildman–Crippen MR) is 183 cm³/mol. The third-order valence-electron chi connectivity index (χ3n) is 13.0. The Kier molecular flexibility index (Phi) is 6.85. The molecule has 10 unspecified atom stereocenters. The molecule has 4 aliphatic rings. The standard InChI is InChI=1S/C38H48S2Si/c1-23-19-31-27(35-21-25-11-5-7-17-33(25)39-35)13-9-15-29(31)37(23)41(3,4)38-24(2)20-32-28(14-10-16-30(32)38)36-22-26-12-6-8-18-34(26)40-36/h5-8,11-12,17-18,21-24,27-32,37-38H,9-10,13-16,19-20H2,1-4H3. The molecule has 0 N–H and O–H groups in total. The van der Waals surface area contributed by atoms with Crippen LogP contribution in [-0.2, 0) is 0 Å². The normalized spacial score (nSPS) is 37.5. The molecule has 0 spiro atoms. The zero-order chi connectivity index (χ0) is 27.9. The largest absolute Gasteiger partial charge is 0.140 e. The Hall–Kier alpha value is -1.42. The minimum atomic E-state index is -1.50. The summed E-state index contributed by atoms with van der Waals surface area (Å²) in [4.78, 5) is 3.42. The Balaban J connectivity index is 1.08. The number of fused-ring (bicyclic) bond motifs is 4. The molecule has 4 aromatic rings. The van der Waals surface area contributed by atoms with Crippen LogP contribution in [0.2, 0.25) is 24.2 Å². The van der Waals surface area contributed by atoms with E-state index in [0.717, 1.165) is 58.4 Å². The number of hydrogen-bond acceptors (Lipinski definition) is 2. The highest BCUT2D eigenvalue weighted by Crippen LogP contribution is 2.67. The van der Waals surface area contributed by atoms with Crippen molar-refractivity contribution in [3.8, 4) is 0 Å². The van der Waals surface area contributed by atoms with Crippen molar-refractivity contribution in [1.29, 1.82) is 0 Å². The molecule has 0 saturated heterocycles. The van der Waals surface area contributed by atoms with E-state index < -0.39 is 8.07 Å². The maximum atomic E-state index is 2.90. The predicted octanol–water partition coefficient (Wildman–Crippen LogP) is 12.3. The molecule has 216 valence electrons. The van der Waals surface area contributed by atoms with Gasteiger partial charge in [0.15, 0.2) is 0 Å². The second-order valence-corrected chi connectivity index (χ2v) is 22.6. The average Bonchev–Trinajstić information content (AvgIpc) is 3.73. The van der Waals surface area contributed by atoms with Crippen molar-refractivity contribution >= 4 is 50.9 Å². The molecule has 2 aromatic carbocycles. The summed E-state index contributed by atoms with van der Waals surface area (Å²) in [5.74, 6) is 7.24. The van der Waals surface area contributed by atoms with Crippen LogP contribution in [0.25, 0.3) is 20.2 Å². The number of hydrogen-bond donors (Lipinski definition) is 0. The molecule has 10 atom stereocenters. The summed E-state index contributed by atoms with van der Waals surface area (Å²) in [7, 11) is -1.50. The molecule has 0 amide bonds. The van der Waals surface area contributed by atoms with E-state index >= 15 is 0 Å². The van der Waals surface area contributed by atoms with E-state index in [-0.39, 0.29) is 0 Å². The van der Waals surface area contributed by atoms with Gasteiger partial charge in [0.1, 0.15) is 0 Å². The lowest BCUT2D eigenvalue weighted by Crippen LogP contribution is -2.47. The Labute approximate surface area is 257 Å². The Morgan fingerprint density at radius 1 is 0.585 bits per heavy atom. The first-order valence-corrected chi connectivity index (χ1v) is 21.7. The third-order valence-corrected chi connectivity index (χ3v) is 20.9. The summed E-state index contributed by atoms with van der Waals surface area (Å²) >= 11 is 4.23. The van der Waals surface area contributed by atoms with Gasteiger partial charge >= 0.3 is 0 Å². The van der Waals surface area contributed by atoms with Crippen molar-refractivity contribution in [3.05, 3.63) is 70.4 Å². The van der Waals surface area contributed by atoms with Gasteiger partial charge in [-0.3, -0.25) is 0 Å². The van der Waals surface area contributed by atoms with Crippen LogP contribution >= 0.6 is 22.7 Å². The Morgan fingerprint density at radius 2 is 1.02 bits per heavy atom. The van der Waals surface area contributed by atoms with Crippen LogP contribution in [0.3, 0.4) is 0 Å². The lowest BCUT2D eigenvalue weighted by molar-refractivity contribution is 0.229. The maximum Gasteiger partial charge on any atom is 0.0546 e. The Morgan fingerprint density at radius 3 is 1.46 bits per heavy atom. The van der Waals surface area contributed by atoms with Crippen LogP contribution in [0.1, 0.15) is 86.8 Å². The summed E-state index contributed by atoms with van der Waals surface area (Å²) in [6.45, 7) is 11.2. The molecule has 0 bridgehead atoms. The molecule has 4 saturated carbocycles. The fraction of sp³-hybridized carbons (Fsp3) is 0.579. The average molecular weight is 597 g/mol. The number of rotatable bonds is 4. The molecule has 8 rings (SSSR count). The lowest BCUT2D eigenvalue weighted by atomic mass is 9.73. The highest BCUT2D eigenvalue weighted by molar-refractivity contribution is 7.19. The molecular formula is C38H48S2Si. The van der Waals surface area contributed by atoms with E-state index in [2.05, 4.69) is 110 Å². The first-order chi connectivity index (χ1) is 19.9. The van der Waals surface area contributed by atoms with Gasteiger partial charge in [-0.15, -0.1) is 22.7 Å². The van der Waals surface area contributed by atoms with Gasteiger partial charge in [-0.05, 0) is 119 Å². The van der Waals surface area contributed by atoms with E-state index in [1.54, 1.807) is 9.75 Å².